The fourth-order valence-corrected chi connectivity index (χ4v) is 3.47. The van der Waals surface area contributed by atoms with Gasteiger partial charge in [0.1, 0.15) is 0 Å². The molecule has 1 aliphatic rings. The van der Waals surface area contributed by atoms with E-state index in [0.717, 1.165) is 18.1 Å². The smallest absolute Gasteiger partial charge is 0.0558 e. The average molecular weight is 316 g/mol. The Morgan fingerprint density at radius 3 is 2.59 bits per heavy atom. The Labute approximate surface area is 137 Å². The number of nitrogens with zero attached hydrogens (tertiary/aromatic N) is 1. The van der Waals surface area contributed by atoms with Crippen molar-refractivity contribution in [2.75, 3.05) is 26.7 Å². The topological polar surface area (TPSA) is 23.5 Å². The van der Waals surface area contributed by atoms with Gasteiger partial charge in [-0.1, -0.05) is 48.0 Å². The Balaban J connectivity index is 1.95. The molecule has 3 rings (SSSR count). The van der Waals surface area contributed by atoms with Crippen LogP contribution in [0.25, 0.3) is 11.1 Å². The third kappa shape index (κ3) is 3.19. The van der Waals surface area contributed by atoms with Crippen LogP contribution in [0.4, 0.5) is 0 Å². The van der Waals surface area contributed by atoms with Crippen LogP contribution in [0, 0.1) is 0 Å². The first-order valence-corrected chi connectivity index (χ1v) is 8.17. The first kappa shape index (κ1) is 15.5. The summed E-state index contributed by atoms with van der Waals surface area (Å²) in [6, 6.07) is 16.7. The van der Waals surface area contributed by atoms with Gasteiger partial charge in [0.05, 0.1) is 6.61 Å². The van der Waals surface area contributed by atoms with Crippen LogP contribution >= 0.6 is 11.6 Å². The van der Waals surface area contributed by atoms with Crippen LogP contribution in [0.1, 0.15) is 18.4 Å². The summed E-state index contributed by atoms with van der Waals surface area (Å²) in [6.07, 6.45) is 2.42. The van der Waals surface area contributed by atoms with Crippen LogP contribution in [-0.4, -0.2) is 36.8 Å². The molecule has 0 spiro atoms. The number of hydrogen-bond donors (Lipinski definition) is 1. The summed E-state index contributed by atoms with van der Waals surface area (Å²) in [4.78, 5) is 2.22. The Morgan fingerprint density at radius 1 is 1.14 bits per heavy atom. The van der Waals surface area contributed by atoms with E-state index in [1.54, 1.807) is 0 Å². The summed E-state index contributed by atoms with van der Waals surface area (Å²) in [5.74, 6) is 0. The average Bonchev–Trinajstić information content (AvgIpc) is 3.28. The van der Waals surface area contributed by atoms with Crippen molar-refractivity contribution in [3.8, 4) is 11.1 Å². The maximum atomic E-state index is 9.13. The summed E-state index contributed by atoms with van der Waals surface area (Å²) in [5.41, 5.74) is 4.09. The van der Waals surface area contributed by atoms with Crippen molar-refractivity contribution in [2.45, 2.75) is 18.3 Å². The maximum Gasteiger partial charge on any atom is 0.0558 e. The van der Waals surface area contributed by atoms with Gasteiger partial charge in [0, 0.05) is 23.5 Å². The summed E-state index contributed by atoms with van der Waals surface area (Å²) >= 11 is 6.17. The Morgan fingerprint density at radius 2 is 1.91 bits per heavy atom. The minimum atomic E-state index is 0.211. The van der Waals surface area contributed by atoms with Crippen LogP contribution < -0.4 is 0 Å². The highest BCUT2D eigenvalue weighted by atomic mass is 35.5. The molecule has 0 saturated heterocycles. The Bertz CT molecular complexity index is 651. The number of benzene rings is 2. The molecule has 116 valence electrons. The molecule has 0 atom stereocenters. The third-order valence-corrected chi connectivity index (χ3v) is 4.78. The molecule has 0 unspecified atom stereocenters. The lowest BCUT2D eigenvalue weighted by Gasteiger charge is -2.25. The normalized spacial score (nSPS) is 16.0. The van der Waals surface area contributed by atoms with Gasteiger partial charge in [-0.2, -0.15) is 0 Å². The van der Waals surface area contributed by atoms with E-state index in [-0.39, 0.29) is 12.0 Å². The fraction of sp³-hybridized carbons (Fsp3) is 0.368. The zero-order valence-corrected chi connectivity index (χ0v) is 13.7. The van der Waals surface area contributed by atoms with Crippen LogP contribution in [-0.2, 0) is 5.41 Å². The molecular formula is C19H22ClNO. The molecule has 1 saturated carbocycles. The molecule has 22 heavy (non-hydrogen) atoms. The van der Waals surface area contributed by atoms with Gasteiger partial charge in [-0.25, -0.2) is 0 Å². The highest BCUT2D eigenvalue weighted by Crippen LogP contribution is 2.51. The Kier molecular flexibility index (Phi) is 4.53. The largest absolute Gasteiger partial charge is 0.395 e. The van der Waals surface area contributed by atoms with Gasteiger partial charge < -0.3 is 10.0 Å². The molecule has 2 aromatic carbocycles. The van der Waals surface area contributed by atoms with Crippen molar-refractivity contribution in [3.05, 3.63) is 59.1 Å². The van der Waals surface area contributed by atoms with E-state index in [1.807, 2.05) is 18.2 Å². The molecular weight excluding hydrogens is 294 g/mol. The molecule has 0 aliphatic heterocycles. The second kappa shape index (κ2) is 6.41. The van der Waals surface area contributed by atoms with Gasteiger partial charge in [-0.05, 0) is 48.7 Å². The fourth-order valence-electron chi connectivity index (χ4n) is 3.28. The van der Waals surface area contributed by atoms with Gasteiger partial charge in [0.15, 0.2) is 0 Å². The standard InChI is InChI=1S/C19H22ClNO/c1-21(11-12-22)14-19(9-10-19)18-8-3-2-7-17(18)15-5-4-6-16(20)13-15/h2-8,13,22H,9-12,14H2,1H3. The van der Waals surface area contributed by atoms with Crippen LogP contribution in [0.3, 0.4) is 0 Å². The highest BCUT2D eigenvalue weighted by molar-refractivity contribution is 6.30. The zero-order valence-electron chi connectivity index (χ0n) is 12.9. The molecule has 1 aliphatic carbocycles. The number of halogens is 1. The molecule has 0 heterocycles. The van der Waals surface area contributed by atoms with E-state index in [1.165, 1.54) is 29.5 Å². The lowest BCUT2D eigenvalue weighted by atomic mass is 9.87. The molecule has 0 amide bonds. The molecule has 0 bridgehead atoms. The predicted molar refractivity (Wildman–Crippen MR) is 92.4 cm³/mol. The van der Waals surface area contributed by atoms with Crippen molar-refractivity contribution in [3.63, 3.8) is 0 Å². The third-order valence-electron chi connectivity index (χ3n) is 4.54. The molecule has 1 fully saturated rings. The maximum absolute atomic E-state index is 9.13. The van der Waals surface area contributed by atoms with Crippen molar-refractivity contribution in [1.82, 2.24) is 4.90 Å². The predicted octanol–water partition coefficient (Wildman–Crippen LogP) is 3.96. The van der Waals surface area contributed by atoms with Gasteiger partial charge >= 0.3 is 0 Å². The highest BCUT2D eigenvalue weighted by Gasteiger charge is 2.46. The first-order valence-electron chi connectivity index (χ1n) is 7.79. The molecule has 0 aromatic heterocycles. The lowest BCUT2D eigenvalue weighted by Crippen LogP contribution is -2.31. The molecule has 0 radical (unpaired) electrons. The van der Waals surface area contributed by atoms with Crippen LogP contribution in [0.5, 0.6) is 0 Å². The lowest BCUT2D eigenvalue weighted by molar-refractivity contribution is 0.211. The Hall–Kier alpha value is -1.35. The summed E-state index contributed by atoms with van der Waals surface area (Å²) < 4.78 is 0. The van der Waals surface area contributed by atoms with Crippen molar-refractivity contribution < 1.29 is 5.11 Å². The number of aliphatic hydroxyl groups excluding tert-OH is 1. The number of hydrogen-bond acceptors (Lipinski definition) is 2. The van der Waals surface area contributed by atoms with E-state index in [2.05, 4.69) is 42.3 Å². The summed E-state index contributed by atoms with van der Waals surface area (Å²) in [6.45, 7) is 1.93. The second-order valence-electron chi connectivity index (χ2n) is 6.30. The summed E-state index contributed by atoms with van der Waals surface area (Å²) in [5, 5.41) is 9.90. The van der Waals surface area contributed by atoms with Crippen molar-refractivity contribution >= 4 is 11.6 Å². The van der Waals surface area contributed by atoms with Gasteiger partial charge in [0.2, 0.25) is 0 Å². The SMILES string of the molecule is CN(CCO)CC1(c2ccccc2-c2cccc(Cl)c2)CC1. The van der Waals surface area contributed by atoms with Crippen LogP contribution in [0.15, 0.2) is 48.5 Å². The van der Waals surface area contributed by atoms with E-state index < -0.39 is 0 Å². The molecule has 3 heteroatoms. The second-order valence-corrected chi connectivity index (χ2v) is 6.73. The quantitative estimate of drug-likeness (QED) is 0.872. The molecule has 1 N–H and O–H groups in total. The molecule has 2 aromatic rings. The van der Waals surface area contributed by atoms with E-state index in [9.17, 15) is 0 Å². The van der Waals surface area contributed by atoms with E-state index in [0.29, 0.717) is 0 Å². The number of rotatable bonds is 6. The number of likely N-dealkylation sites (N-methyl/N-ethyl adjacent to an activating group) is 1. The zero-order chi connectivity index (χ0) is 15.6. The minimum absolute atomic E-state index is 0.211. The molecule has 2 nitrogen and oxygen atoms in total. The van der Waals surface area contributed by atoms with Gasteiger partial charge in [0.25, 0.3) is 0 Å². The van der Waals surface area contributed by atoms with Crippen molar-refractivity contribution in [1.29, 1.82) is 0 Å². The monoisotopic (exact) mass is 315 g/mol. The van der Waals surface area contributed by atoms with Crippen LogP contribution in [0.2, 0.25) is 5.02 Å². The van der Waals surface area contributed by atoms with E-state index in [4.69, 9.17) is 16.7 Å². The van der Waals surface area contributed by atoms with Gasteiger partial charge in [-0.3, -0.25) is 0 Å². The first-order chi connectivity index (χ1) is 10.6. The van der Waals surface area contributed by atoms with Crippen molar-refractivity contribution in [2.24, 2.45) is 0 Å². The number of aliphatic hydroxyl groups is 1. The minimum Gasteiger partial charge on any atom is -0.395 e. The van der Waals surface area contributed by atoms with E-state index >= 15 is 0 Å². The summed E-state index contributed by atoms with van der Waals surface area (Å²) in [7, 11) is 2.08. The van der Waals surface area contributed by atoms with Gasteiger partial charge in [-0.15, -0.1) is 0 Å².